The number of ether oxygens (including phenoxy) is 2. The Hall–Kier alpha value is -1.85. The summed E-state index contributed by atoms with van der Waals surface area (Å²) in [6.07, 6.45) is -3.78. The van der Waals surface area contributed by atoms with Crippen molar-refractivity contribution in [1.82, 2.24) is 14.6 Å². The highest BCUT2D eigenvalue weighted by atomic mass is 31.1. The second-order valence-electron chi connectivity index (χ2n) is 7.09. The standard InChI is InChI=1S/C16H25FN3O8P/c1-8(2)27-13(23)9(3)19-29(25)26-7-10-12(22)16(4,17)14(28-10)20-6-5-11(21)18-15(20)24/h5-6,8-10,12,14,22,29H,7H2,1-4H3,(H,19,25)(H,18,21,24)/t9-,10?,12+,14+,16+/m0/s1. The molecular weight excluding hydrogens is 412 g/mol. The fourth-order valence-corrected chi connectivity index (χ4v) is 3.60. The van der Waals surface area contributed by atoms with Gasteiger partial charge in [0, 0.05) is 12.3 Å². The number of nitrogens with one attached hydrogen (secondary N) is 2. The van der Waals surface area contributed by atoms with Crippen molar-refractivity contribution in [2.75, 3.05) is 6.61 Å². The Morgan fingerprint density at radius 1 is 1.48 bits per heavy atom. The van der Waals surface area contributed by atoms with Crippen LogP contribution in [0.4, 0.5) is 4.39 Å². The van der Waals surface area contributed by atoms with Gasteiger partial charge in [0.05, 0.1) is 12.7 Å². The highest BCUT2D eigenvalue weighted by Crippen LogP contribution is 2.41. The van der Waals surface area contributed by atoms with Crippen molar-refractivity contribution in [3.63, 3.8) is 0 Å². The molecule has 164 valence electrons. The second-order valence-corrected chi connectivity index (χ2v) is 8.24. The smallest absolute Gasteiger partial charge is 0.330 e. The molecule has 2 heterocycles. The number of aliphatic hydroxyl groups is 1. The lowest BCUT2D eigenvalue weighted by Gasteiger charge is -2.24. The lowest BCUT2D eigenvalue weighted by atomic mass is 9.98. The van der Waals surface area contributed by atoms with Gasteiger partial charge >= 0.3 is 11.7 Å². The van der Waals surface area contributed by atoms with E-state index in [0.717, 1.165) is 23.8 Å². The topological polar surface area (TPSA) is 149 Å². The maximum atomic E-state index is 15.0. The van der Waals surface area contributed by atoms with E-state index < -0.39 is 62.2 Å². The summed E-state index contributed by atoms with van der Waals surface area (Å²) < 4.78 is 43.3. The summed E-state index contributed by atoms with van der Waals surface area (Å²) in [5, 5.41) is 12.6. The number of rotatable bonds is 8. The van der Waals surface area contributed by atoms with Crippen LogP contribution in [0.2, 0.25) is 0 Å². The summed E-state index contributed by atoms with van der Waals surface area (Å²) >= 11 is 0. The maximum absolute atomic E-state index is 15.0. The van der Waals surface area contributed by atoms with Crippen molar-refractivity contribution in [1.29, 1.82) is 0 Å². The Morgan fingerprint density at radius 2 is 2.14 bits per heavy atom. The summed E-state index contributed by atoms with van der Waals surface area (Å²) in [6.45, 7) is 5.34. The molecule has 0 aromatic carbocycles. The van der Waals surface area contributed by atoms with Crippen LogP contribution in [0.15, 0.2) is 21.9 Å². The van der Waals surface area contributed by atoms with E-state index >= 15 is 4.39 Å². The number of alkyl halides is 1. The molecule has 29 heavy (non-hydrogen) atoms. The fourth-order valence-electron chi connectivity index (χ4n) is 2.73. The van der Waals surface area contributed by atoms with Gasteiger partial charge in [-0.05, 0) is 27.7 Å². The first-order valence-electron chi connectivity index (χ1n) is 8.91. The molecule has 13 heteroatoms. The van der Waals surface area contributed by atoms with Crippen LogP contribution in [0.3, 0.4) is 0 Å². The summed E-state index contributed by atoms with van der Waals surface area (Å²) in [5.74, 6) is -0.618. The lowest BCUT2D eigenvalue weighted by molar-refractivity contribution is -0.149. The van der Waals surface area contributed by atoms with Crippen molar-refractivity contribution < 1.29 is 32.9 Å². The molecule has 2 unspecified atom stereocenters. The predicted octanol–water partition coefficient (Wildman–Crippen LogP) is -0.141. The number of aromatic nitrogens is 2. The SMILES string of the molecule is CC(C)OC(=O)[C@H](C)N[PH](=O)OCC1O[C@@H](n2ccc(=O)[nH]c2=O)[C@](C)(F)[C@@H]1O. The van der Waals surface area contributed by atoms with Gasteiger partial charge in [0.25, 0.3) is 13.7 Å². The van der Waals surface area contributed by atoms with Crippen LogP contribution in [0.1, 0.15) is 33.9 Å². The van der Waals surface area contributed by atoms with Gasteiger partial charge in [0.1, 0.15) is 18.2 Å². The Bertz CT molecular complexity index is 870. The number of carbonyl (C=O) groups is 1. The molecule has 0 bridgehead atoms. The number of hydrogen-bond donors (Lipinski definition) is 3. The number of nitrogens with zero attached hydrogens (tertiary/aromatic N) is 1. The molecule has 0 amide bonds. The van der Waals surface area contributed by atoms with Crippen LogP contribution in [0.25, 0.3) is 0 Å². The fraction of sp³-hybridized carbons (Fsp3) is 0.688. The highest BCUT2D eigenvalue weighted by Gasteiger charge is 2.55. The van der Waals surface area contributed by atoms with E-state index in [9.17, 15) is 24.1 Å². The van der Waals surface area contributed by atoms with Gasteiger partial charge in [-0.3, -0.25) is 23.7 Å². The van der Waals surface area contributed by atoms with Crippen LogP contribution in [0.5, 0.6) is 0 Å². The number of esters is 1. The molecule has 1 aromatic heterocycles. The number of aliphatic hydroxyl groups excluding tert-OH is 1. The largest absolute Gasteiger partial charge is 0.462 e. The minimum Gasteiger partial charge on any atom is -0.462 e. The summed E-state index contributed by atoms with van der Waals surface area (Å²) in [7, 11) is -2.94. The molecule has 1 saturated heterocycles. The number of hydrogen-bond acceptors (Lipinski definition) is 8. The molecule has 1 aromatic rings. The van der Waals surface area contributed by atoms with Gasteiger partial charge < -0.3 is 19.1 Å². The van der Waals surface area contributed by atoms with Gasteiger partial charge in [-0.15, -0.1) is 0 Å². The van der Waals surface area contributed by atoms with Crippen LogP contribution in [-0.2, 0) is 23.4 Å². The summed E-state index contributed by atoms with van der Waals surface area (Å²) in [6, 6.07) is 0.106. The Labute approximate surface area is 166 Å². The van der Waals surface area contributed by atoms with E-state index in [2.05, 4.69) is 5.09 Å². The van der Waals surface area contributed by atoms with E-state index in [0.29, 0.717) is 0 Å². The normalized spacial score (nSPS) is 29.0. The zero-order chi connectivity index (χ0) is 21.9. The molecule has 3 N–H and O–H groups in total. The average Bonchev–Trinajstić information content (AvgIpc) is 2.82. The molecule has 6 atom stereocenters. The van der Waals surface area contributed by atoms with E-state index in [4.69, 9.17) is 14.0 Å². The number of aromatic amines is 1. The maximum Gasteiger partial charge on any atom is 0.330 e. The third-order valence-electron chi connectivity index (χ3n) is 4.24. The Morgan fingerprint density at radius 3 is 2.72 bits per heavy atom. The van der Waals surface area contributed by atoms with Crippen molar-refractivity contribution in [3.05, 3.63) is 33.1 Å². The van der Waals surface area contributed by atoms with Gasteiger partial charge in [0.2, 0.25) is 0 Å². The highest BCUT2D eigenvalue weighted by molar-refractivity contribution is 7.36. The zero-order valence-corrected chi connectivity index (χ0v) is 17.4. The molecular formula is C16H25FN3O8P. The van der Waals surface area contributed by atoms with Crippen LogP contribution >= 0.6 is 8.18 Å². The molecule has 0 spiro atoms. The van der Waals surface area contributed by atoms with Crippen LogP contribution < -0.4 is 16.3 Å². The Kier molecular flexibility index (Phi) is 7.52. The first-order chi connectivity index (χ1) is 13.4. The molecule has 2 rings (SSSR count). The Balaban J connectivity index is 2.00. The van der Waals surface area contributed by atoms with Crippen molar-refractivity contribution >= 4 is 14.1 Å². The number of halogens is 1. The van der Waals surface area contributed by atoms with E-state index in [-0.39, 0.29) is 6.10 Å². The average molecular weight is 437 g/mol. The molecule has 1 fully saturated rings. The molecule has 11 nitrogen and oxygen atoms in total. The van der Waals surface area contributed by atoms with Crippen LogP contribution in [0, 0.1) is 0 Å². The summed E-state index contributed by atoms with van der Waals surface area (Å²) in [5.41, 5.74) is -3.97. The van der Waals surface area contributed by atoms with E-state index in [1.165, 1.54) is 6.92 Å². The molecule has 1 aliphatic rings. The quantitative estimate of drug-likeness (QED) is 0.373. The van der Waals surface area contributed by atoms with Gasteiger partial charge in [-0.1, -0.05) is 0 Å². The second kappa shape index (κ2) is 9.31. The minimum atomic E-state index is -2.94. The number of H-pyrrole nitrogens is 1. The van der Waals surface area contributed by atoms with E-state index in [1.54, 1.807) is 13.8 Å². The van der Waals surface area contributed by atoms with Crippen molar-refractivity contribution in [2.24, 2.45) is 0 Å². The lowest BCUT2D eigenvalue weighted by Crippen LogP contribution is -2.43. The monoisotopic (exact) mass is 437 g/mol. The summed E-state index contributed by atoms with van der Waals surface area (Å²) in [4.78, 5) is 36.8. The van der Waals surface area contributed by atoms with Crippen molar-refractivity contribution in [2.45, 2.75) is 63.9 Å². The van der Waals surface area contributed by atoms with Gasteiger partial charge in [-0.2, -0.15) is 0 Å². The van der Waals surface area contributed by atoms with Crippen molar-refractivity contribution in [3.8, 4) is 0 Å². The molecule has 0 aliphatic carbocycles. The third kappa shape index (κ3) is 5.61. The molecule has 0 saturated carbocycles. The van der Waals surface area contributed by atoms with E-state index in [1.807, 2.05) is 4.98 Å². The first-order valence-corrected chi connectivity index (χ1v) is 10.2. The number of carbonyl (C=O) groups excluding carboxylic acids is 1. The molecule has 0 radical (unpaired) electrons. The minimum absolute atomic E-state index is 0.340. The van der Waals surface area contributed by atoms with Crippen LogP contribution in [-0.4, -0.2) is 57.3 Å². The predicted molar refractivity (Wildman–Crippen MR) is 99.5 cm³/mol. The van der Waals surface area contributed by atoms with Gasteiger partial charge in [-0.25, -0.2) is 14.3 Å². The van der Waals surface area contributed by atoms with Gasteiger partial charge in [0.15, 0.2) is 11.9 Å². The zero-order valence-electron chi connectivity index (χ0n) is 16.4. The molecule has 1 aliphatic heterocycles. The third-order valence-corrected chi connectivity index (χ3v) is 5.34. The first kappa shape index (κ1) is 23.4.